The minimum atomic E-state index is -0.267. The monoisotopic (exact) mass is 244 g/mol. The number of hydrogen-bond donors (Lipinski definition) is 0. The van der Waals surface area contributed by atoms with E-state index in [0.29, 0.717) is 12.4 Å². The lowest BCUT2D eigenvalue weighted by Gasteiger charge is -2.13. The van der Waals surface area contributed by atoms with Gasteiger partial charge < -0.3 is 4.74 Å². The first-order valence-corrected chi connectivity index (χ1v) is 6.02. The van der Waals surface area contributed by atoms with Crippen molar-refractivity contribution in [2.45, 2.75) is 27.4 Å². The van der Waals surface area contributed by atoms with E-state index in [4.69, 9.17) is 4.74 Å². The number of aryl methyl sites for hydroxylation is 3. The third-order valence-corrected chi connectivity index (χ3v) is 3.17. The Morgan fingerprint density at radius 3 is 2.28 bits per heavy atom. The van der Waals surface area contributed by atoms with Gasteiger partial charge in [-0.15, -0.1) is 0 Å². The van der Waals surface area contributed by atoms with Gasteiger partial charge in [0.1, 0.15) is 18.2 Å². The van der Waals surface area contributed by atoms with Crippen LogP contribution in [0, 0.1) is 26.6 Å². The standard InChI is InChI=1S/C16H17FO/c1-11-5-4-6-12(2)15(11)10-18-16-9-14(17)8-7-13(16)3/h4-9H,10H2,1-3H3. The maximum atomic E-state index is 13.2. The van der Waals surface area contributed by atoms with E-state index in [9.17, 15) is 4.39 Å². The molecule has 0 bridgehead atoms. The van der Waals surface area contributed by atoms with E-state index in [1.165, 1.54) is 28.8 Å². The molecule has 0 aliphatic rings. The van der Waals surface area contributed by atoms with Crippen molar-refractivity contribution in [2.75, 3.05) is 0 Å². The molecule has 2 rings (SSSR count). The van der Waals surface area contributed by atoms with Crippen LogP contribution >= 0.6 is 0 Å². The van der Waals surface area contributed by atoms with Gasteiger partial charge in [-0.2, -0.15) is 0 Å². The van der Waals surface area contributed by atoms with Crippen molar-refractivity contribution >= 4 is 0 Å². The van der Waals surface area contributed by atoms with Crippen molar-refractivity contribution in [1.82, 2.24) is 0 Å². The number of hydrogen-bond acceptors (Lipinski definition) is 1. The van der Waals surface area contributed by atoms with E-state index in [1.54, 1.807) is 6.07 Å². The summed E-state index contributed by atoms with van der Waals surface area (Å²) in [7, 11) is 0. The lowest BCUT2D eigenvalue weighted by molar-refractivity contribution is 0.301. The van der Waals surface area contributed by atoms with Crippen LogP contribution < -0.4 is 4.74 Å². The van der Waals surface area contributed by atoms with Crippen LogP contribution in [0.1, 0.15) is 22.3 Å². The van der Waals surface area contributed by atoms with Crippen LogP contribution in [0.25, 0.3) is 0 Å². The Labute approximate surface area is 107 Å². The van der Waals surface area contributed by atoms with Gasteiger partial charge in [0, 0.05) is 6.07 Å². The van der Waals surface area contributed by atoms with Crippen molar-refractivity contribution in [3.63, 3.8) is 0 Å². The Morgan fingerprint density at radius 2 is 1.61 bits per heavy atom. The van der Waals surface area contributed by atoms with Crippen LogP contribution in [0.4, 0.5) is 4.39 Å². The van der Waals surface area contributed by atoms with E-state index in [-0.39, 0.29) is 5.82 Å². The van der Waals surface area contributed by atoms with E-state index < -0.39 is 0 Å². The van der Waals surface area contributed by atoms with Gasteiger partial charge in [0.2, 0.25) is 0 Å². The van der Waals surface area contributed by atoms with Crippen LogP contribution in [0.15, 0.2) is 36.4 Å². The lowest BCUT2D eigenvalue weighted by atomic mass is 10.0. The number of ether oxygens (including phenoxy) is 1. The predicted octanol–water partition coefficient (Wildman–Crippen LogP) is 4.33. The summed E-state index contributed by atoms with van der Waals surface area (Å²) in [6, 6.07) is 10.8. The molecule has 1 nitrogen and oxygen atoms in total. The zero-order valence-corrected chi connectivity index (χ0v) is 11.0. The molecule has 0 saturated carbocycles. The highest BCUT2D eigenvalue weighted by Gasteiger charge is 2.05. The highest BCUT2D eigenvalue weighted by atomic mass is 19.1. The smallest absolute Gasteiger partial charge is 0.126 e. The molecule has 0 aliphatic heterocycles. The maximum absolute atomic E-state index is 13.2. The quantitative estimate of drug-likeness (QED) is 0.780. The number of halogens is 1. The summed E-state index contributed by atoms with van der Waals surface area (Å²) in [6.45, 7) is 6.51. The second-order valence-electron chi connectivity index (χ2n) is 4.57. The van der Waals surface area contributed by atoms with Crippen molar-refractivity contribution in [3.05, 3.63) is 64.5 Å². The molecule has 0 spiro atoms. The highest BCUT2D eigenvalue weighted by molar-refractivity contribution is 5.35. The van der Waals surface area contributed by atoms with Crippen LogP contribution in [0.5, 0.6) is 5.75 Å². The summed E-state index contributed by atoms with van der Waals surface area (Å²) in [4.78, 5) is 0. The molecule has 0 aliphatic carbocycles. The molecule has 0 heterocycles. The normalized spacial score (nSPS) is 10.4. The molecule has 0 aromatic heterocycles. The first-order chi connectivity index (χ1) is 8.58. The maximum Gasteiger partial charge on any atom is 0.126 e. The van der Waals surface area contributed by atoms with Crippen molar-refractivity contribution < 1.29 is 9.13 Å². The van der Waals surface area contributed by atoms with Gasteiger partial charge >= 0.3 is 0 Å². The van der Waals surface area contributed by atoms with Crippen molar-refractivity contribution in [1.29, 1.82) is 0 Å². The Kier molecular flexibility index (Phi) is 3.66. The van der Waals surface area contributed by atoms with Crippen LogP contribution in [0.3, 0.4) is 0 Å². The van der Waals surface area contributed by atoms with Gasteiger partial charge in [0.05, 0.1) is 0 Å². The van der Waals surface area contributed by atoms with Gasteiger partial charge in [0.25, 0.3) is 0 Å². The molecular weight excluding hydrogens is 227 g/mol. The van der Waals surface area contributed by atoms with Gasteiger partial charge in [-0.3, -0.25) is 0 Å². The Balaban J connectivity index is 2.19. The topological polar surface area (TPSA) is 9.23 Å². The molecule has 0 amide bonds. The largest absolute Gasteiger partial charge is 0.489 e. The van der Waals surface area contributed by atoms with E-state index in [1.807, 2.05) is 13.0 Å². The molecule has 2 aromatic rings. The fourth-order valence-electron chi connectivity index (χ4n) is 1.96. The minimum absolute atomic E-state index is 0.267. The first kappa shape index (κ1) is 12.6. The fraction of sp³-hybridized carbons (Fsp3) is 0.250. The van der Waals surface area contributed by atoms with Crippen molar-refractivity contribution in [3.8, 4) is 5.75 Å². The van der Waals surface area contributed by atoms with Crippen molar-refractivity contribution in [2.24, 2.45) is 0 Å². The third kappa shape index (κ3) is 2.70. The average Bonchev–Trinajstić information content (AvgIpc) is 2.33. The van der Waals surface area contributed by atoms with E-state index in [0.717, 1.165) is 5.56 Å². The zero-order chi connectivity index (χ0) is 13.1. The second kappa shape index (κ2) is 5.21. The zero-order valence-electron chi connectivity index (χ0n) is 11.0. The molecule has 0 radical (unpaired) electrons. The molecule has 0 atom stereocenters. The highest BCUT2D eigenvalue weighted by Crippen LogP contribution is 2.22. The van der Waals surface area contributed by atoms with E-state index >= 15 is 0 Å². The first-order valence-electron chi connectivity index (χ1n) is 6.02. The van der Waals surface area contributed by atoms with Crippen LogP contribution in [0.2, 0.25) is 0 Å². The SMILES string of the molecule is Cc1ccc(F)cc1OCc1c(C)cccc1C. The van der Waals surface area contributed by atoms with Gasteiger partial charge in [-0.1, -0.05) is 24.3 Å². The Bertz CT molecular complexity index is 541. The molecule has 18 heavy (non-hydrogen) atoms. The molecule has 0 N–H and O–H groups in total. The molecule has 0 unspecified atom stereocenters. The van der Waals surface area contributed by atoms with Gasteiger partial charge in [-0.05, 0) is 49.1 Å². The fourth-order valence-corrected chi connectivity index (χ4v) is 1.96. The summed E-state index contributed by atoms with van der Waals surface area (Å²) >= 11 is 0. The summed E-state index contributed by atoms with van der Waals surface area (Å²) in [5.41, 5.74) is 4.51. The lowest BCUT2D eigenvalue weighted by Crippen LogP contribution is -2.01. The molecule has 94 valence electrons. The summed E-state index contributed by atoms with van der Waals surface area (Å²) < 4.78 is 18.9. The number of benzene rings is 2. The number of rotatable bonds is 3. The third-order valence-electron chi connectivity index (χ3n) is 3.17. The second-order valence-corrected chi connectivity index (χ2v) is 4.57. The Hall–Kier alpha value is -1.83. The van der Waals surface area contributed by atoms with E-state index in [2.05, 4.69) is 26.0 Å². The van der Waals surface area contributed by atoms with Gasteiger partial charge in [0.15, 0.2) is 0 Å². The van der Waals surface area contributed by atoms with Crippen LogP contribution in [-0.2, 0) is 6.61 Å². The summed E-state index contributed by atoms with van der Waals surface area (Å²) in [5.74, 6) is 0.342. The average molecular weight is 244 g/mol. The molecule has 2 aromatic carbocycles. The predicted molar refractivity (Wildman–Crippen MR) is 71.4 cm³/mol. The van der Waals surface area contributed by atoms with Crippen LogP contribution in [-0.4, -0.2) is 0 Å². The minimum Gasteiger partial charge on any atom is -0.489 e. The molecule has 2 heteroatoms. The molecule has 0 fully saturated rings. The van der Waals surface area contributed by atoms with Gasteiger partial charge in [-0.25, -0.2) is 4.39 Å². The molecule has 0 saturated heterocycles. The summed E-state index contributed by atoms with van der Waals surface area (Å²) in [5, 5.41) is 0. The summed E-state index contributed by atoms with van der Waals surface area (Å²) in [6.07, 6.45) is 0. The molecular formula is C16H17FO. The Morgan fingerprint density at radius 1 is 0.944 bits per heavy atom.